The van der Waals surface area contributed by atoms with E-state index in [-0.39, 0.29) is 6.42 Å². The molecule has 0 fully saturated rings. The highest BCUT2D eigenvalue weighted by Gasteiger charge is 2.31. The van der Waals surface area contributed by atoms with Crippen molar-refractivity contribution < 1.29 is 24.2 Å². The number of carbonyl (C=O) groups is 3. The molecule has 0 aromatic heterocycles. The number of ether oxygens (including phenoxy) is 1. The summed E-state index contributed by atoms with van der Waals surface area (Å²) in [5, 5.41) is 11.1. The average Bonchev–Trinajstić information content (AvgIpc) is 2.33. The molecule has 3 amide bonds. The van der Waals surface area contributed by atoms with E-state index >= 15 is 0 Å². The number of nitrogens with one attached hydrogen (secondary N) is 1. The molecule has 2 N–H and O–H groups in total. The molecule has 0 aliphatic heterocycles. The summed E-state index contributed by atoms with van der Waals surface area (Å²) in [6.45, 7) is 8.29. The van der Waals surface area contributed by atoms with Gasteiger partial charge in [-0.2, -0.15) is 0 Å². The molecule has 0 aliphatic rings. The summed E-state index contributed by atoms with van der Waals surface area (Å²) in [4.78, 5) is 35.8. The molecule has 0 radical (unpaired) electrons. The largest absolute Gasteiger partial charge is 0.481 e. The first-order chi connectivity index (χ1) is 9.24. The number of rotatable bonds is 8. The molecule has 0 aromatic rings. The van der Waals surface area contributed by atoms with Crippen molar-refractivity contribution in [2.45, 2.75) is 34.1 Å². The number of carboxylic acids is 1. The van der Waals surface area contributed by atoms with Crippen molar-refractivity contribution in [3.8, 4) is 0 Å². The number of aliphatic carboxylic acids is 1. The maximum atomic E-state index is 11.8. The number of amides is 3. The van der Waals surface area contributed by atoms with Crippen molar-refractivity contribution in [1.82, 2.24) is 10.2 Å². The minimum atomic E-state index is -1.20. The van der Waals surface area contributed by atoms with Crippen molar-refractivity contribution in [3.63, 3.8) is 0 Å². The number of carboxylic acid groups (broad SMARTS) is 1. The number of hydrogen-bond acceptors (Lipinski definition) is 4. The molecular formula is C13H24N2O5. The van der Waals surface area contributed by atoms with Crippen LogP contribution >= 0.6 is 0 Å². The Hall–Kier alpha value is -1.63. The van der Waals surface area contributed by atoms with Gasteiger partial charge < -0.3 is 14.7 Å². The van der Waals surface area contributed by atoms with Gasteiger partial charge in [0.15, 0.2) is 0 Å². The van der Waals surface area contributed by atoms with Gasteiger partial charge in [0.05, 0.1) is 12.0 Å². The zero-order valence-electron chi connectivity index (χ0n) is 12.6. The van der Waals surface area contributed by atoms with Crippen LogP contribution in [0.3, 0.4) is 0 Å². The lowest BCUT2D eigenvalue weighted by molar-refractivity contribution is -0.149. The average molecular weight is 288 g/mol. The number of imide groups is 1. The molecule has 0 aromatic carbocycles. The lowest BCUT2D eigenvalue weighted by Gasteiger charge is -2.22. The third-order valence-corrected chi connectivity index (χ3v) is 2.81. The first-order valence-corrected chi connectivity index (χ1v) is 6.64. The minimum Gasteiger partial charge on any atom is -0.481 e. The Balaban J connectivity index is 4.35. The zero-order valence-corrected chi connectivity index (χ0v) is 12.6. The van der Waals surface area contributed by atoms with Gasteiger partial charge in [0.1, 0.15) is 0 Å². The fourth-order valence-electron chi connectivity index (χ4n) is 1.44. The topological polar surface area (TPSA) is 95.9 Å². The molecule has 7 nitrogen and oxygen atoms in total. The van der Waals surface area contributed by atoms with Gasteiger partial charge in [0, 0.05) is 26.1 Å². The van der Waals surface area contributed by atoms with Gasteiger partial charge in [-0.05, 0) is 27.7 Å². The van der Waals surface area contributed by atoms with Crippen LogP contribution < -0.4 is 5.32 Å². The van der Waals surface area contributed by atoms with Gasteiger partial charge in [-0.1, -0.05) is 0 Å². The van der Waals surface area contributed by atoms with Crippen molar-refractivity contribution in [3.05, 3.63) is 0 Å². The summed E-state index contributed by atoms with van der Waals surface area (Å²) in [5.41, 5.74) is -1.20. The van der Waals surface area contributed by atoms with Crippen LogP contribution in [0.5, 0.6) is 0 Å². The van der Waals surface area contributed by atoms with Crippen LogP contribution in [0.25, 0.3) is 0 Å². The van der Waals surface area contributed by atoms with Gasteiger partial charge in [-0.3, -0.25) is 14.9 Å². The molecule has 20 heavy (non-hydrogen) atoms. The van der Waals surface area contributed by atoms with Crippen LogP contribution in [0.2, 0.25) is 0 Å². The molecule has 0 heterocycles. The normalized spacial score (nSPS) is 11.0. The third-order valence-electron chi connectivity index (χ3n) is 2.81. The van der Waals surface area contributed by atoms with Gasteiger partial charge >= 0.3 is 12.0 Å². The number of hydrogen-bond donors (Lipinski definition) is 2. The highest BCUT2D eigenvalue weighted by Crippen LogP contribution is 2.19. The van der Waals surface area contributed by atoms with E-state index in [9.17, 15) is 14.4 Å². The molecule has 7 heteroatoms. The van der Waals surface area contributed by atoms with Crippen LogP contribution in [0.4, 0.5) is 4.79 Å². The molecule has 0 rings (SSSR count). The first-order valence-electron chi connectivity index (χ1n) is 6.64. The third kappa shape index (κ3) is 6.51. The summed E-state index contributed by atoms with van der Waals surface area (Å²) < 4.78 is 5.15. The molecule has 0 bridgehead atoms. The zero-order chi connectivity index (χ0) is 15.8. The fourth-order valence-corrected chi connectivity index (χ4v) is 1.44. The van der Waals surface area contributed by atoms with Gasteiger partial charge in [-0.25, -0.2) is 4.79 Å². The quantitative estimate of drug-likeness (QED) is 0.652. The Kier molecular flexibility index (Phi) is 7.83. The van der Waals surface area contributed by atoms with Gasteiger partial charge in [-0.15, -0.1) is 0 Å². The summed E-state index contributed by atoms with van der Waals surface area (Å²) in [6.07, 6.45) is -0.253. The molecule has 0 spiro atoms. The predicted molar refractivity (Wildman–Crippen MR) is 73.3 cm³/mol. The Morgan fingerprint density at radius 1 is 1.25 bits per heavy atom. The van der Waals surface area contributed by atoms with E-state index in [0.29, 0.717) is 26.3 Å². The fraction of sp³-hybridized carbons (Fsp3) is 0.769. The van der Waals surface area contributed by atoms with E-state index in [1.54, 1.807) is 6.92 Å². The Morgan fingerprint density at radius 3 is 2.30 bits per heavy atom. The smallest absolute Gasteiger partial charge is 0.324 e. The molecule has 0 saturated heterocycles. The van der Waals surface area contributed by atoms with E-state index in [1.807, 2.05) is 6.92 Å². The van der Waals surface area contributed by atoms with E-state index in [1.165, 1.54) is 18.7 Å². The van der Waals surface area contributed by atoms with E-state index in [4.69, 9.17) is 9.84 Å². The van der Waals surface area contributed by atoms with Crippen LogP contribution in [0, 0.1) is 5.41 Å². The lowest BCUT2D eigenvalue weighted by atomic mass is 9.89. The molecule has 0 aliphatic carbocycles. The Bertz CT molecular complexity index is 355. The highest BCUT2D eigenvalue weighted by atomic mass is 16.5. The monoisotopic (exact) mass is 288 g/mol. The lowest BCUT2D eigenvalue weighted by Crippen LogP contribution is -2.45. The molecule has 0 atom stereocenters. The van der Waals surface area contributed by atoms with Gasteiger partial charge in [0.25, 0.3) is 0 Å². The van der Waals surface area contributed by atoms with Crippen LogP contribution in [-0.2, 0) is 14.3 Å². The van der Waals surface area contributed by atoms with Crippen LogP contribution in [0.15, 0.2) is 0 Å². The summed E-state index contributed by atoms with van der Waals surface area (Å²) in [6, 6.07) is -0.529. The van der Waals surface area contributed by atoms with E-state index in [2.05, 4.69) is 5.32 Å². The SMILES string of the molecule is CCOCCN(CC)C(=O)NC(=O)CC(C)(C)C(=O)O. The predicted octanol–water partition coefficient (Wildman–Crippen LogP) is 1.08. The maximum Gasteiger partial charge on any atom is 0.324 e. The molecule has 0 saturated carbocycles. The number of carbonyl (C=O) groups excluding carboxylic acids is 2. The van der Waals surface area contributed by atoms with Gasteiger partial charge in [0.2, 0.25) is 5.91 Å². The van der Waals surface area contributed by atoms with Crippen molar-refractivity contribution in [2.24, 2.45) is 5.41 Å². The summed E-state index contributed by atoms with van der Waals surface area (Å²) in [5.74, 6) is -1.68. The van der Waals surface area contributed by atoms with Crippen molar-refractivity contribution >= 4 is 17.9 Å². The van der Waals surface area contributed by atoms with E-state index < -0.39 is 23.3 Å². The maximum absolute atomic E-state index is 11.8. The second-order valence-corrected chi connectivity index (χ2v) is 5.00. The van der Waals surface area contributed by atoms with Crippen LogP contribution in [0.1, 0.15) is 34.1 Å². The number of urea groups is 1. The van der Waals surface area contributed by atoms with Crippen molar-refractivity contribution in [1.29, 1.82) is 0 Å². The Morgan fingerprint density at radius 2 is 1.85 bits per heavy atom. The summed E-state index contributed by atoms with van der Waals surface area (Å²) in [7, 11) is 0. The number of nitrogens with zero attached hydrogens (tertiary/aromatic N) is 1. The standard InChI is InChI=1S/C13H24N2O5/c1-5-15(7-8-20-6-2)12(19)14-10(16)9-13(3,4)11(17)18/h5-9H2,1-4H3,(H,17,18)(H,14,16,19). The second-order valence-electron chi connectivity index (χ2n) is 5.00. The minimum absolute atomic E-state index is 0.253. The van der Waals surface area contributed by atoms with E-state index in [0.717, 1.165) is 0 Å². The first kappa shape index (κ1) is 18.4. The summed E-state index contributed by atoms with van der Waals surface area (Å²) >= 11 is 0. The van der Waals surface area contributed by atoms with Crippen LogP contribution in [-0.4, -0.2) is 54.2 Å². The molecule has 116 valence electrons. The molecular weight excluding hydrogens is 264 g/mol. The molecule has 0 unspecified atom stereocenters. The van der Waals surface area contributed by atoms with Crippen molar-refractivity contribution in [2.75, 3.05) is 26.3 Å². The highest BCUT2D eigenvalue weighted by molar-refractivity contribution is 5.96. The second kappa shape index (κ2) is 8.52. The Labute approximate surface area is 119 Å². The number of likely N-dealkylation sites (N-methyl/N-ethyl adjacent to an activating group) is 1.